The maximum absolute atomic E-state index is 4.00. The van der Waals surface area contributed by atoms with Gasteiger partial charge in [-0.1, -0.05) is 0 Å². The van der Waals surface area contributed by atoms with Crippen LogP contribution in [-0.2, 0) is 0 Å². The van der Waals surface area contributed by atoms with Crippen LogP contribution in [0, 0.1) is 0 Å². The van der Waals surface area contributed by atoms with E-state index >= 15 is 0 Å². The van der Waals surface area contributed by atoms with Crippen LogP contribution in [0.4, 0.5) is 0 Å². The van der Waals surface area contributed by atoms with Crippen molar-refractivity contribution in [1.29, 1.82) is 0 Å². The first kappa shape index (κ1) is 23.1. The minimum atomic E-state index is 0. The zero-order valence-electron chi connectivity index (χ0n) is 3.07. The molecule has 34 valence electrons. The zero-order chi connectivity index (χ0) is 4.00. The van der Waals surface area contributed by atoms with Gasteiger partial charge in [0, 0.05) is 0 Å². The highest BCUT2D eigenvalue weighted by Crippen LogP contribution is 0.862. The molecule has 0 spiro atoms. The molecule has 0 aliphatic rings. The summed E-state index contributed by atoms with van der Waals surface area (Å²) in [4.78, 5) is 0. The van der Waals surface area contributed by atoms with Gasteiger partial charge in [0.2, 0.25) is 0 Å². The van der Waals surface area contributed by atoms with Crippen LogP contribution in [0.3, 0.4) is 0 Å². The zero-order valence-corrected chi connectivity index (χ0v) is 3.07. The van der Waals surface area contributed by atoms with Crippen LogP contribution in [0.2, 0.25) is 0 Å². The van der Waals surface area contributed by atoms with Crippen molar-refractivity contribution in [3.63, 3.8) is 0 Å². The summed E-state index contributed by atoms with van der Waals surface area (Å²) >= 11 is 0. The Labute approximate surface area is 31.6 Å². The smallest absolute Gasteiger partial charge is 0.106 e. The predicted molar refractivity (Wildman–Crippen MR) is 23.2 cm³/mol. The minimum absolute atomic E-state index is 0. The van der Waals surface area contributed by atoms with Crippen molar-refractivity contribution in [1.82, 2.24) is 0 Å². The number of hydrogen-bond acceptors (Lipinski definition) is 2. The molecular weight excluding hydrogens is 68.0 g/mol. The molecule has 0 saturated carbocycles. The third-order valence-corrected chi connectivity index (χ3v) is 0. The molecule has 0 bridgehead atoms. The second-order valence-electron chi connectivity index (χ2n) is 0. The van der Waals surface area contributed by atoms with Gasteiger partial charge in [-0.3, -0.25) is 11.7 Å². The lowest BCUT2D eigenvalue weighted by Crippen LogP contribution is -2.02. The molecule has 0 radical (unpaired) electrons. The summed E-state index contributed by atoms with van der Waals surface area (Å²) in [5.74, 6) is 8.00. The van der Waals surface area contributed by atoms with E-state index < -0.39 is 0 Å². The van der Waals surface area contributed by atoms with Gasteiger partial charge < -0.3 is 5.48 Å². The molecule has 0 aromatic carbocycles. The molecule has 0 unspecified atom stereocenters. The average Bonchev–Trinajstić information content (AvgIpc) is 1.50. The maximum Gasteiger partial charge on any atom is -0.106 e. The molecule has 5 heavy (non-hydrogen) atoms. The van der Waals surface area contributed by atoms with Crippen molar-refractivity contribution in [3.8, 4) is 0 Å². The summed E-state index contributed by atoms with van der Waals surface area (Å²) in [5, 5.41) is 0. The Morgan fingerprint density at radius 3 is 1.00 bits per heavy atom. The Kier molecular flexibility index (Phi) is 794. The molecular formula is C2H10N2O. The van der Waals surface area contributed by atoms with Crippen molar-refractivity contribution >= 4 is 0 Å². The Morgan fingerprint density at radius 1 is 1.00 bits per heavy atom. The van der Waals surface area contributed by atoms with Gasteiger partial charge >= 0.3 is 0 Å². The van der Waals surface area contributed by atoms with Gasteiger partial charge in [0.15, 0.2) is 0 Å². The third kappa shape index (κ3) is 65.8. The second kappa shape index (κ2) is 172. The quantitative estimate of drug-likeness (QED) is 0.216. The van der Waals surface area contributed by atoms with Crippen LogP contribution < -0.4 is 11.7 Å². The molecule has 0 aliphatic heterocycles. The molecule has 3 heteroatoms. The highest BCUT2D eigenvalue weighted by atomic mass is 16.0. The molecule has 0 saturated heterocycles. The standard InChI is InChI=1S/C2H4.H4N2.H2O/c2*1-2;/h2*1-2H2;1H2. The van der Waals surface area contributed by atoms with Gasteiger partial charge in [0.25, 0.3) is 0 Å². The SMILES string of the molecule is C=C.NN.O. The summed E-state index contributed by atoms with van der Waals surface area (Å²) in [6.07, 6.45) is 0. The fourth-order valence-electron chi connectivity index (χ4n) is 0. The van der Waals surface area contributed by atoms with Crippen molar-refractivity contribution in [2.75, 3.05) is 0 Å². The summed E-state index contributed by atoms with van der Waals surface area (Å²) in [6, 6.07) is 0. The Morgan fingerprint density at radius 2 is 1.00 bits per heavy atom. The van der Waals surface area contributed by atoms with E-state index in [9.17, 15) is 0 Å². The van der Waals surface area contributed by atoms with Gasteiger partial charge in [-0.05, 0) is 0 Å². The Balaban J connectivity index is -0.0000000133. The van der Waals surface area contributed by atoms with Gasteiger partial charge in [-0.25, -0.2) is 0 Å². The normalized spacial score (nSPS) is 2.00. The lowest BCUT2D eigenvalue weighted by Gasteiger charge is -1.27. The maximum atomic E-state index is 4.00. The van der Waals surface area contributed by atoms with Crippen LogP contribution in [0.25, 0.3) is 0 Å². The molecule has 6 N–H and O–H groups in total. The molecule has 0 aromatic rings. The van der Waals surface area contributed by atoms with Gasteiger partial charge in [-0.15, -0.1) is 13.2 Å². The van der Waals surface area contributed by atoms with E-state index in [-0.39, 0.29) is 5.48 Å². The van der Waals surface area contributed by atoms with E-state index in [2.05, 4.69) is 24.8 Å². The first-order chi connectivity index (χ1) is 2.00. The van der Waals surface area contributed by atoms with Crippen LogP contribution in [-0.4, -0.2) is 5.48 Å². The summed E-state index contributed by atoms with van der Waals surface area (Å²) < 4.78 is 0. The van der Waals surface area contributed by atoms with Crippen LogP contribution in [0.1, 0.15) is 0 Å². The minimum Gasteiger partial charge on any atom is -0.412 e. The van der Waals surface area contributed by atoms with Gasteiger partial charge in [0.1, 0.15) is 0 Å². The highest BCUT2D eigenvalue weighted by molar-refractivity contribution is 4.22. The summed E-state index contributed by atoms with van der Waals surface area (Å²) in [7, 11) is 0. The third-order valence-electron chi connectivity index (χ3n) is 0. The summed E-state index contributed by atoms with van der Waals surface area (Å²) in [6.45, 7) is 6.00. The van der Waals surface area contributed by atoms with E-state index in [1.54, 1.807) is 0 Å². The number of hydrazine groups is 1. The van der Waals surface area contributed by atoms with Crippen molar-refractivity contribution < 1.29 is 5.48 Å². The van der Waals surface area contributed by atoms with E-state index in [1.807, 2.05) is 0 Å². The molecule has 3 nitrogen and oxygen atoms in total. The molecule has 0 rings (SSSR count). The Hall–Kier alpha value is -0.380. The van der Waals surface area contributed by atoms with Crippen molar-refractivity contribution in [2.24, 2.45) is 11.7 Å². The number of rotatable bonds is 0. The first-order valence-corrected chi connectivity index (χ1v) is 0.833. The van der Waals surface area contributed by atoms with Gasteiger partial charge in [0.05, 0.1) is 0 Å². The molecule has 0 fully saturated rings. The fraction of sp³-hybridized carbons (Fsp3) is 0. The van der Waals surface area contributed by atoms with Crippen LogP contribution in [0.15, 0.2) is 13.2 Å². The van der Waals surface area contributed by atoms with E-state index in [4.69, 9.17) is 0 Å². The van der Waals surface area contributed by atoms with E-state index in [1.165, 1.54) is 0 Å². The number of hydrogen-bond donors (Lipinski definition) is 2. The van der Waals surface area contributed by atoms with Crippen LogP contribution >= 0.6 is 0 Å². The fourth-order valence-corrected chi connectivity index (χ4v) is 0. The molecule has 0 heterocycles. The lowest BCUT2D eigenvalue weighted by atomic mass is 11.3. The van der Waals surface area contributed by atoms with Crippen LogP contribution in [0.5, 0.6) is 0 Å². The Bertz CT molecular complexity index is 7.61. The highest BCUT2D eigenvalue weighted by Gasteiger charge is 0.726. The number of nitrogens with two attached hydrogens (primary N) is 2. The molecule has 0 aliphatic carbocycles. The summed E-state index contributed by atoms with van der Waals surface area (Å²) in [5.41, 5.74) is 0. The average molecular weight is 78.1 g/mol. The molecule has 0 atom stereocenters. The molecule has 0 aromatic heterocycles. The topological polar surface area (TPSA) is 83.5 Å². The molecule has 0 amide bonds. The van der Waals surface area contributed by atoms with Crippen molar-refractivity contribution in [3.05, 3.63) is 13.2 Å². The van der Waals surface area contributed by atoms with Crippen molar-refractivity contribution in [2.45, 2.75) is 0 Å². The predicted octanol–water partition coefficient (Wildman–Crippen LogP) is -1.20. The monoisotopic (exact) mass is 78.1 g/mol. The lowest BCUT2D eigenvalue weighted by molar-refractivity contribution is 0.824. The van der Waals surface area contributed by atoms with Gasteiger partial charge in [-0.2, -0.15) is 0 Å². The van der Waals surface area contributed by atoms with E-state index in [0.29, 0.717) is 0 Å². The second-order valence-corrected chi connectivity index (χ2v) is 0. The first-order valence-electron chi connectivity index (χ1n) is 0.833. The largest absolute Gasteiger partial charge is 0.412 e. The van der Waals surface area contributed by atoms with E-state index in [0.717, 1.165) is 0 Å².